The van der Waals surface area contributed by atoms with Gasteiger partial charge in [0.1, 0.15) is 48.8 Å². The monoisotopic (exact) mass is 972 g/mol. The molecule has 14 nitrogen and oxygen atoms in total. The van der Waals surface area contributed by atoms with Crippen LogP contribution in [0.2, 0.25) is 0 Å². The third-order valence-electron chi connectivity index (χ3n) is 13.6. The first-order valence-corrected chi connectivity index (χ1v) is 27.6. The molecule has 0 aromatic carbocycles. The van der Waals surface area contributed by atoms with Gasteiger partial charge >= 0.3 is 0 Å². The lowest BCUT2D eigenvalue weighted by Crippen LogP contribution is -2.65. The molecule has 2 aliphatic rings. The van der Waals surface area contributed by atoms with Crippen LogP contribution in [-0.2, 0) is 23.7 Å². The number of rotatable bonds is 43. The highest BCUT2D eigenvalue weighted by molar-refractivity contribution is 5.76. The second-order valence-corrected chi connectivity index (χ2v) is 19.7. The Balaban J connectivity index is 1.67. The van der Waals surface area contributed by atoms with Crippen molar-refractivity contribution in [1.29, 1.82) is 0 Å². The van der Waals surface area contributed by atoms with Gasteiger partial charge in [0, 0.05) is 6.42 Å². The number of carbonyl (C=O) groups excluding carboxylic acids is 1. The summed E-state index contributed by atoms with van der Waals surface area (Å²) in [5.74, 6) is -0.258. The van der Waals surface area contributed by atoms with Gasteiger partial charge in [-0.25, -0.2) is 0 Å². The van der Waals surface area contributed by atoms with Crippen molar-refractivity contribution >= 4 is 5.91 Å². The zero-order valence-corrected chi connectivity index (χ0v) is 42.6. The minimum Gasteiger partial charge on any atom is -0.394 e. The van der Waals surface area contributed by atoms with E-state index in [0.29, 0.717) is 12.8 Å². The Hall–Kier alpha value is -1.53. The van der Waals surface area contributed by atoms with Gasteiger partial charge in [-0.2, -0.15) is 0 Å². The first kappa shape index (κ1) is 62.6. The zero-order valence-electron chi connectivity index (χ0n) is 42.6. The lowest BCUT2D eigenvalue weighted by molar-refractivity contribution is -0.359. The van der Waals surface area contributed by atoms with E-state index < -0.39 is 86.8 Å². The van der Waals surface area contributed by atoms with Gasteiger partial charge in [-0.3, -0.25) is 4.79 Å². The zero-order chi connectivity index (χ0) is 49.6. The van der Waals surface area contributed by atoms with Gasteiger partial charge in [0.15, 0.2) is 12.6 Å². The molecule has 12 atom stereocenters. The number of aliphatic hydroxyl groups excluding tert-OH is 8. The minimum absolute atomic E-state index is 0.258. The van der Waals surface area contributed by atoms with E-state index in [2.05, 4.69) is 31.3 Å². The average molecular weight is 972 g/mol. The largest absolute Gasteiger partial charge is 0.394 e. The molecule has 12 unspecified atom stereocenters. The number of aliphatic hydroxyl groups is 8. The second kappa shape index (κ2) is 41.0. The fourth-order valence-electron chi connectivity index (χ4n) is 9.13. The standard InChI is InChI=1S/C54H101NO13/c1-3-5-7-9-11-12-13-14-15-16-17-18-19-20-21-22-23-24-25-26-27-28-29-30-31-32-33-35-37-43(58)42(55-46(59)38-36-34-10-8-6-4-2)41-65-53-51(64)49(62)52(45(40-57)67-53)68-54-50(63)48(61)47(60)44(39-56)66-54/h30-31,35,37,42-45,47-54,56-58,60-64H,3-29,32-34,36,38-41H2,1-2H3,(H,55,59)/b31-30+,37-35+. The fourth-order valence-corrected chi connectivity index (χ4v) is 9.13. The molecule has 0 aromatic rings. The molecule has 0 bridgehead atoms. The Labute approximate surface area is 411 Å². The van der Waals surface area contributed by atoms with Crippen molar-refractivity contribution in [3.8, 4) is 0 Å². The third kappa shape index (κ3) is 27.3. The van der Waals surface area contributed by atoms with Crippen LogP contribution in [0.4, 0.5) is 0 Å². The topological polar surface area (TPSA) is 228 Å². The summed E-state index contributed by atoms with van der Waals surface area (Å²) in [7, 11) is 0. The molecular weight excluding hydrogens is 871 g/mol. The summed E-state index contributed by atoms with van der Waals surface area (Å²) in [5.41, 5.74) is 0. The molecule has 0 aromatic heterocycles. The molecule has 2 aliphatic heterocycles. The predicted octanol–water partition coefficient (Wildman–Crippen LogP) is 8.11. The highest BCUT2D eigenvalue weighted by Gasteiger charge is 2.51. The summed E-state index contributed by atoms with van der Waals surface area (Å²) in [6.45, 7) is 2.70. The highest BCUT2D eigenvalue weighted by atomic mass is 16.7. The molecule has 1 amide bonds. The number of hydrogen-bond acceptors (Lipinski definition) is 13. The lowest BCUT2D eigenvalue weighted by Gasteiger charge is -2.46. The molecule has 2 heterocycles. The molecule has 2 fully saturated rings. The van der Waals surface area contributed by atoms with Crippen LogP contribution in [0.25, 0.3) is 0 Å². The van der Waals surface area contributed by atoms with Crippen molar-refractivity contribution in [2.45, 2.75) is 293 Å². The number of unbranched alkanes of at least 4 members (excludes halogenated alkanes) is 28. The van der Waals surface area contributed by atoms with E-state index in [1.54, 1.807) is 6.08 Å². The summed E-state index contributed by atoms with van der Waals surface area (Å²) in [6.07, 6.45) is 30.1. The smallest absolute Gasteiger partial charge is 0.220 e. The Kier molecular flexibility index (Phi) is 37.7. The van der Waals surface area contributed by atoms with Gasteiger partial charge in [0.05, 0.1) is 32.0 Å². The van der Waals surface area contributed by atoms with E-state index in [1.165, 1.54) is 141 Å². The van der Waals surface area contributed by atoms with Crippen LogP contribution in [0.1, 0.15) is 219 Å². The van der Waals surface area contributed by atoms with E-state index in [9.17, 15) is 45.6 Å². The van der Waals surface area contributed by atoms with E-state index in [0.717, 1.165) is 44.9 Å². The lowest BCUT2D eigenvalue weighted by atomic mass is 9.97. The van der Waals surface area contributed by atoms with Crippen LogP contribution in [-0.4, -0.2) is 140 Å². The summed E-state index contributed by atoms with van der Waals surface area (Å²) in [5, 5.41) is 86.5. The summed E-state index contributed by atoms with van der Waals surface area (Å²) >= 11 is 0. The van der Waals surface area contributed by atoms with Gasteiger partial charge in [-0.05, 0) is 32.1 Å². The average Bonchev–Trinajstić information content (AvgIpc) is 3.34. The molecule has 0 spiro atoms. The minimum atomic E-state index is -1.79. The maximum atomic E-state index is 13.0. The van der Waals surface area contributed by atoms with Gasteiger partial charge in [-0.1, -0.05) is 205 Å². The Morgan fingerprint density at radius 2 is 0.941 bits per heavy atom. The fraction of sp³-hybridized carbons (Fsp3) is 0.907. The quantitative estimate of drug-likeness (QED) is 0.0208. The van der Waals surface area contributed by atoms with Gasteiger partial charge in [0.2, 0.25) is 5.91 Å². The molecular formula is C54H101NO13. The Morgan fingerprint density at radius 1 is 0.515 bits per heavy atom. The van der Waals surface area contributed by atoms with Crippen LogP contribution < -0.4 is 5.32 Å². The van der Waals surface area contributed by atoms with Crippen LogP contribution in [0, 0.1) is 0 Å². The van der Waals surface area contributed by atoms with Gasteiger partial charge in [0.25, 0.3) is 0 Å². The number of allylic oxidation sites excluding steroid dienone is 3. The molecule has 0 saturated carbocycles. The number of hydrogen-bond donors (Lipinski definition) is 9. The van der Waals surface area contributed by atoms with Crippen LogP contribution in [0.3, 0.4) is 0 Å². The Bertz CT molecular complexity index is 1240. The molecule has 2 rings (SSSR count). The van der Waals surface area contributed by atoms with E-state index >= 15 is 0 Å². The molecule has 0 radical (unpaired) electrons. The van der Waals surface area contributed by atoms with Crippen molar-refractivity contribution in [3.05, 3.63) is 24.3 Å². The van der Waals surface area contributed by atoms with E-state index in [1.807, 2.05) is 6.08 Å². The Morgan fingerprint density at radius 3 is 1.44 bits per heavy atom. The van der Waals surface area contributed by atoms with Crippen molar-refractivity contribution in [2.75, 3.05) is 19.8 Å². The maximum absolute atomic E-state index is 13.0. The number of nitrogens with one attached hydrogen (secondary N) is 1. The first-order valence-electron chi connectivity index (χ1n) is 27.6. The summed E-state index contributed by atoms with van der Waals surface area (Å²) < 4.78 is 22.6. The predicted molar refractivity (Wildman–Crippen MR) is 268 cm³/mol. The molecule has 0 aliphatic carbocycles. The number of carbonyl (C=O) groups is 1. The number of amides is 1. The van der Waals surface area contributed by atoms with Crippen LogP contribution in [0.15, 0.2) is 24.3 Å². The highest BCUT2D eigenvalue weighted by Crippen LogP contribution is 2.30. The molecule has 400 valence electrons. The molecule has 9 N–H and O–H groups in total. The number of ether oxygens (including phenoxy) is 4. The molecule has 2 saturated heterocycles. The van der Waals surface area contributed by atoms with Crippen molar-refractivity contribution in [1.82, 2.24) is 5.32 Å². The van der Waals surface area contributed by atoms with Crippen LogP contribution in [0.5, 0.6) is 0 Å². The van der Waals surface area contributed by atoms with E-state index in [4.69, 9.17) is 18.9 Å². The van der Waals surface area contributed by atoms with Gasteiger partial charge in [-0.15, -0.1) is 0 Å². The third-order valence-corrected chi connectivity index (χ3v) is 13.6. The first-order chi connectivity index (χ1) is 33.1. The SMILES string of the molecule is CCCCCCCCCCCCCCCCCCCCCCCC/C=C/CC/C=C/C(O)C(COC1OC(CO)C(OC2OC(CO)C(O)C(O)C2O)C(O)C1O)NC(=O)CCCCCCCC. The van der Waals surface area contributed by atoms with Crippen molar-refractivity contribution in [3.63, 3.8) is 0 Å². The van der Waals surface area contributed by atoms with Crippen LogP contribution >= 0.6 is 0 Å². The van der Waals surface area contributed by atoms with Gasteiger partial charge < -0.3 is 65.1 Å². The summed E-state index contributed by atoms with van der Waals surface area (Å²) in [4.78, 5) is 13.0. The maximum Gasteiger partial charge on any atom is 0.220 e. The normalized spacial score (nSPS) is 26.5. The molecule has 68 heavy (non-hydrogen) atoms. The molecule has 14 heteroatoms. The van der Waals surface area contributed by atoms with E-state index in [-0.39, 0.29) is 18.9 Å². The van der Waals surface area contributed by atoms with Crippen molar-refractivity contribution in [2.24, 2.45) is 0 Å². The van der Waals surface area contributed by atoms with Crippen molar-refractivity contribution < 1.29 is 64.6 Å². The second-order valence-electron chi connectivity index (χ2n) is 19.7. The summed E-state index contributed by atoms with van der Waals surface area (Å²) in [6, 6.07) is -0.924.